The lowest BCUT2D eigenvalue weighted by atomic mass is 9.77. The van der Waals surface area contributed by atoms with E-state index in [1.54, 1.807) is 36.4 Å². The van der Waals surface area contributed by atoms with Crippen molar-refractivity contribution >= 4 is 39.8 Å². The van der Waals surface area contributed by atoms with Crippen molar-refractivity contribution in [3.63, 3.8) is 0 Å². The fourth-order valence-electron chi connectivity index (χ4n) is 6.31. The second-order valence-corrected chi connectivity index (χ2v) is 9.91. The summed E-state index contributed by atoms with van der Waals surface area (Å²) < 4.78 is 6.37. The van der Waals surface area contributed by atoms with E-state index in [1.807, 2.05) is 61.5 Å². The van der Waals surface area contributed by atoms with Crippen LogP contribution in [0.3, 0.4) is 0 Å². The summed E-state index contributed by atoms with van der Waals surface area (Å²) in [5.41, 5.74) is 0.406. The maximum Gasteiger partial charge on any atom is 0.241 e. The lowest BCUT2D eigenvalue weighted by Gasteiger charge is -2.27. The Kier molecular flexibility index (Phi) is 4.45. The number of carbonyl (C=O) groups excluding carboxylic acids is 4. The zero-order valence-corrected chi connectivity index (χ0v) is 19.9. The first-order valence-electron chi connectivity index (χ1n) is 12.2. The second-order valence-electron chi connectivity index (χ2n) is 9.91. The lowest BCUT2D eigenvalue weighted by molar-refractivity contribution is -0.127. The average molecular weight is 488 g/mol. The molecular formula is C31H21NO5. The van der Waals surface area contributed by atoms with Crippen LogP contribution < -0.4 is 4.90 Å². The number of fused-ring (bicyclic) bond motifs is 4. The molecule has 37 heavy (non-hydrogen) atoms. The van der Waals surface area contributed by atoms with Gasteiger partial charge in [-0.05, 0) is 23.9 Å². The standard InChI is InChI=1S/C31H21NO5/c1-17-8-6-11-19(16-17)26-24-25(31(37-26)27(33)21-13-4-5-14-22(21)28(31)34)30(36)32(29(24)35)23-15-7-10-18-9-2-3-12-20(18)23/h2-16,24-26H,1H3/t24-,25+,26-/m0/s1. The highest BCUT2D eigenvalue weighted by Crippen LogP contribution is 2.58. The van der Waals surface area contributed by atoms with Crippen molar-refractivity contribution in [3.8, 4) is 0 Å². The molecule has 6 nitrogen and oxygen atoms in total. The predicted octanol–water partition coefficient (Wildman–Crippen LogP) is 4.84. The molecule has 2 heterocycles. The van der Waals surface area contributed by atoms with Gasteiger partial charge in [-0.1, -0.05) is 90.5 Å². The number of carbonyl (C=O) groups is 4. The third-order valence-corrected chi connectivity index (χ3v) is 7.90. The topological polar surface area (TPSA) is 80.8 Å². The molecular weight excluding hydrogens is 466 g/mol. The minimum absolute atomic E-state index is 0.222. The first kappa shape index (κ1) is 21.8. The van der Waals surface area contributed by atoms with Gasteiger partial charge in [-0.2, -0.15) is 0 Å². The SMILES string of the molecule is Cc1cccc([C@@H]2OC3(C(=O)c4ccccc4C3=O)[C@H]3C(=O)N(c4cccc5ccccc45)C(=O)[C@H]23)c1. The molecule has 1 spiro atoms. The van der Waals surface area contributed by atoms with E-state index < -0.39 is 46.9 Å². The van der Waals surface area contributed by atoms with Gasteiger partial charge in [0.25, 0.3) is 0 Å². The van der Waals surface area contributed by atoms with E-state index in [9.17, 15) is 19.2 Å². The first-order valence-corrected chi connectivity index (χ1v) is 12.2. The van der Waals surface area contributed by atoms with Gasteiger partial charge in [0.15, 0.2) is 0 Å². The van der Waals surface area contributed by atoms with Crippen LogP contribution in [0.25, 0.3) is 10.8 Å². The van der Waals surface area contributed by atoms with E-state index in [0.717, 1.165) is 21.2 Å². The van der Waals surface area contributed by atoms with Gasteiger partial charge in [-0.3, -0.25) is 19.2 Å². The number of ether oxygens (including phenoxy) is 1. The molecule has 6 heteroatoms. The Bertz CT molecular complexity index is 1650. The fourth-order valence-corrected chi connectivity index (χ4v) is 6.31. The van der Waals surface area contributed by atoms with Gasteiger partial charge in [-0.15, -0.1) is 0 Å². The molecule has 2 aliphatic heterocycles. The van der Waals surface area contributed by atoms with Crippen molar-refractivity contribution in [1.82, 2.24) is 0 Å². The number of ketones is 2. The summed E-state index contributed by atoms with van der Waals surface area (Å²) in [6.45, 7) is 1.91. The fraction of sp³-hybridized carbons (Fsp3) is 0.161. The van der Waals surface area contributed by atoms with Crippen LogP contribution in [-0.4, -0.2) is 29.0 Å². The van der Waals surface area contributed by atoms with Gasteiger partial charge < -0.3 is 4.74 Å². The third kappa shape index (κ3) is 2.73. The number of anilines is 1. The van der Waals surface area contributed by atoms with Crippen molar-refractivity contribution in [3.05, 3.63) is 113 Å². The van der Waals surface area contributed by atoms with E-state index in [-0.39, 0.29) is 11.1 Å². The Labute approximate surface area is 212 Å². The van der Waals surface area contributed by atoms with Crippen LogP contribution in [0, 0.1) is 18.8 Å². The van der Waals surface area contributed by atoms with Crippen LogP contribution in [0.1, 0.15) is 37.9 Å². The summed E-state index contributed by atoms with van der Waals surface area (Å²) in [7, 11) is 0. The molecule has 4 aromatic carbocycles. The number of benzene rings is 4. The van der Waals surface area contributed by atoms with Gasteiger partial charge >= 0.3 is 0 Å². The molecule has 7 rings (SSSR count). The normalized spacial score (nSPS) is 23.8. The molecule has 2 saturated heterocycles. The molecule has 0 aromatic heterocycles. The van der Waals surface area contributed by atoms with Gasteiger partial charge in [0.1, 0.15) is 0 Å². The van der Waals surface area contributed by atoms with Crippen LogP contribution in [0.15, 0.2) is 91.0 Å². The quantitative estimate of drug-likeness (QED) is 0.299. The largest absolute Gasteiger partial charge is 0.349 e. The van der Waals surface area contributed by atoms with Crippen LogP contribution in [-0.2, 0) is 14.3 Å². The van der Waals surface area contributed by atoms with Crippen LogP contribution >= 0.6 is 0 Å². The summed E-state index contributed by atoms with van der Waals surface area (Å²) in [5.74, 6) is -4.45. The smallest absolute Gasteiger partial charge is 0.241 e. The minimum Gasteiger partial charge on any atom is -0.349 e. The van der Waals surface area contributed by atoms with Crippen molar-refractivity contribution in [1.29, 1.82) is 0 Å². The summed E-state index contributed by atoms with van der Waals surface area (Å²) >= 11 is 0. The molecule has 0 saturated carbocycles. The first-order chi connectivity index (χ1) is 17.9. The highest BCUT2D eigenvalue weighted by atomic mass is 16.5. The van der Waals surface area contributed by atoms with Crippen molar-refractivity contribution in [2.75, 3.05) is 4.90 Å². The van der Waals surface area contributed by atoms with Crippen molar-refractivity contribution in [2.24, 2.45) is 11.8 Å². The lowest BCUT2D eigenvalue weighted by Crippen LogP contribution is -2.51. The molecule has 0 bridgehead atoms. The summed E-state index contributed by atoms with van der Waals surface area (Å²) in [4.78, 5) is 57.3. The van der Waals surface area contributed by atoms with Gasteiger partial charge in [0.05, 0.1) is 23.6 Å². The molecule has 4 aromatic rings. The van der Waals surface area contributed by atoms with E-state index in [1.165, 1.54) is 0 Å². The molecule has 3 atom stereocenters. The Hall–Kier alpha value is -4.42. The monoisotopic (exact) mass is 487 g/mol. The summed E-state index contributed by atoms with van der Waals surface area (Å²) in [6, 6.07) is 26.9. The van der Waals surface area contributed by atoms with E-state index in [4.69, 9.17) is 4.74 Å². The molecule has 3 aliphatic rings. The summed E-state index contributed by atoms with van der Waals surface area (Å²) in [5, 5.41) is 1.61. The summed E-state index contributed by atoms with van der Waals surface area (Å²) in [6.07, 6.45) is -0.927. The Morgan fingerprint density at radius 1 is 0.730 bits per heavy atom. The Morgan fingerprint density at radius 2 is 1.38 bits per heavy atom. The van der Waals surface area contributed by atoms with Crippen LogP contribution in [0.2, 0.25) is 0 Å². The number of hydrogen-bond acceptors (Lipinski definition) is 5. The number of Topliss-reactive ketones (excluding diaryl/α,β-unsaturated/α-hetero) is 2. The molecule has 0 radical (unpaired) electrons. The third-order valence-electron chi connectivity index (χ3n) is 7.90. The van der Waals surface area contributed by atoms with Gasteiger partial charge in [0.2, 0.25) is 29.0 Å². The van der Waals surface area contributed by atoms with Crippen molar-refractivity contribution in [2.45, 2.75) is 18.6 Å². The number of rotatable bonds is 2. The second kappa shape index (κ2) is 7.54. The maximum atomic E-state index is 14.2. The van der Waals surface area contributed by atoms with E-state index in [2.05, 4.69) is 0 Å². The predicted molar refractivity (Wildman–Crippen MR) is 136 cm³/mol. The molecule has 1 aliphatic carbocycles. The zero-order valence-electron chi connectivity index (χ0n) is 19.9. The van der Waals surface area contributed by atoms with Crippen LogP contribution in [0.4, 0.5) is 5.69 Å². The van der Waals surface area contributed by atoms with Crippen molar-refractivity contribution < 1.29 is 23.9 Å². The van der Waals surface area contributed by atoms with Crippen LogP contribution in [0.5, 0.6) is 0 Å². The number of nitrogens with zero attached hydrogens (tertiary/aromatic N) is 1. The Morgan fingerprint density at radius 3 is 2.11 bits per heavy atom. The molecule has 2 amide bonds. The molecule has 180 valence electrons. The van der Waals surface area contributed by atoms with E-state index >= 15 is 0 Å². The van der Waals surface area contributed by atoms with Gasteiger partial charge in [-0.25, -0.2) is 4.90 Å². The molecule has 2 fully saturated rings. The number of hydrogen-bond donors (Lipinski definition) is 0. The number of aryl methyl sites for hydroxylation is 1. The minimum atomic E-state index is -2.07. The number of imide groups is 1. The maximum absolute atomic E-state index is 14.2. The highest BCUT2D eigenvalue weighted by Gasteiger charge is 2.74. The highest BCUT2D eigenvalue weighted by molar-refractivity contribution is 6.37. The van der Waals surface area contributed by atoms with E-state index in [0.29, 0.717) is 11.3 Å². The number of amides is 2. The molecule has 0 N–H and O–H groups in total. The average Bonchev–Trinajstić information content (AvgIpc) is 3.48. The zero-order chi connectivity index (χ0) is 25.5. The van der Waals surface area contributed by atoms with Gasteiger partial charge in [0, 0.05) is 16.5 Å². The molecule has 0 unspecified atom stereocenters. The Balaban J connectivity index is 1.45.